The first-order valence-electron chi connectivity index (χ1n) is 11.9. The Balaban J connectivity index is 1.28. The lowest BCUT2D eigenvalue weighted by molar-refractivity contribution is -0.149. The molecule has 2 fully saturated rings. The molecule has 2 heterocycles. The summed E-state index contributed by atoms with van der Waals surface area (Å²) in [6.07, 6.45) is 3.09. The highest BCUT2D eigenvalue weighted by atomic mass is 35.5. The van der Waals surface area contributed by atoms with Crippen LogP contribution in [0.4, 0.5) is 0 Å². The van der Waals surface area contributed by atoms with Crippen molar-refractivity contribution in [2.24, 2.45) is 11.3 Å². The first-order valence-corrected chi connectivity index (χ1v) is 12.3. The number of halogens is 1. The summed E-state index contributed by atoms with van der Waals surface area (Å²) in [6.45, 7) is 3.05. The maximum atomic E-state index is 13.7. The second-order valence-electron chi connectivity index (χ2n) is 9.77. The van der Waals surface area contributed by atoms with Crippen LogP contribution < -0.4 is 0 Å². The smallest absolute Gasteiger partial charge is 0.229 e. The highest BCUT2D eigenvalue weighted by molar-refractivity contribution is 6.30. The van der Waals surface area contributed by atoms with E-state index in [0.717, 1.165) is 17.9 Å². The van der Waals surface area contributed by atoms with Crippen LogP contribution in [0.2, 0.25) is 5.02 Å². The number of likely N-dealkylation sites (tertiary alicyclic amines) is 1. The Hall–Kier alpha value is -2.37. The zero-order valence-corrected chi connectivity index (χ0v) is 19.9. The van der Waals surface area contributed by atoms with Gasteiger partial charge < -0.3 is 14.5 Å². The molecule has 0 radical (unpaired) electrons. The van der Waals surface area contributed by atoms with E-state index >= 15 is 0 Å². The number of fused-ring (bicyclic) bond motifs is 1. The Morgan fingerprint density at radius 1 is 1.09 bits per heavy atom. The van der Waals surface area contributed by atoms with Crippen molar-refractivity contribution in [1.29, 1.82) is 0 Å². The molecule has 0 unspecified atom stereocenters. The van der Waals surface area contributed by atoms with Gasteiger partial charge in [-0.05, 0) is 60.4 Å². The number of carbonyl (C=O) groups excluding carboxylic acids is 2. The minimum atomic E-state index is -0.434. The Morgan fingerprint density at radius 2 is 1.79 bits per heavy atom. The van der Waals surface area contributed by atoms with Crippen LogP contribution in [0.5, 0.6) is 0 Å². The molecule has 5 nitrogen and oxygen atoms in total. The quantitative estimate of drug-likeness (QED) is 0.660. The van der Waals surface area contributed by atoms with Crippen LogP contribution in [0.25, 0.3) is 0 Å². The fourth-order valence-corrected chi connectivity index (χ4v) is 5.77. The van der Waals surface area contributed by atoms with Gasteiger partial charge in [-0.3, -0.25) is 9.59 Å². The Bertz CT molecular complexity index is 1030. The van der Waals surface area contributed by atoms with Crippen molar-refractivity contribution in [1.82, 2.24) is 9.80 Å². The molecule has 2 aliphatic heterocycles. The molecular weight excluding hydrogens is 436 g/mol. The van der Waals surface area contributed by atoms with Crippen molar-refractivity contribution in [3.8, 4) is 0 Å². The summed E-state index contributed by atoms with van der Waals surface area (Å²) in [5, 5.41) is 0.720. The predicted octanol–water partition coefficient (Wildman–Crippen LogP) is 4.28. The Labute approximate surface area is 200 Å². The third kappa shape index (κ3) is 4.41. The van der Waals surface area contributed by atoms with E-state index in [9.17, 15) is 9.59 Å². The van der Waals surface area contributed by atoms with Gasteiger partial charge in [0.05, 0.1) is 12.0 Å². The topological polar surface area (TPSA) is 49.9 Å². The zero-order chi connectivity index (χ0) is 23.0. The summed E-state index contributed by atoms with van der Waals surface area (Å²) >= 11 is 6.01. The third-order valence-corrected chi connectivity index (χ3v) is 8.00. The van der Waals surface area contributed by atoms with Crippen LogP contribution in [0.15, 0.2) is 48.5 Å². The van der Waals surface area contributed by atoms with Crippen molar-refractivity contribution < 1.29 is 14.3 Å². The summed E-state index contributed by atoms with van der Waals surface area (Å²) in [7, 11) is 1.67. The Morgan fingerprint density at radius 3 is 2.48 bits per heavy atom. The molecule has 1 saturated carbocycles. The van der Waals surface area contributed by atoms with E-state index in [0.29, 0.717) is 51.5 Å². The van der Waals surface area contributed by atoms with Crippen molar-refractivity contribution >= 4 is 23.4 Å². The van der Waals surface area contributed by atoms with Crippen molar-refractivity contribution in [3.63, 3.8) is 0 Å². The third-order valence-electron chi connectivity index (χ3n) is 7.75. The number of piperidine rings is 1. The van der Waals surface area contributed by atoms with Crippen LogP contribution in [0, 0.1) is 11.3 Å². The van der Waals surface area contributed by atoms with E-state index < -0.39 is 5.41 Å². The fraction of sp³-hybridized carbons (Fsp3) is 0.481. The SMILES string of the molecule is COCCN1Cc2ccccc2CC2(CCN(C(=O)[C@H]3C[C@@H]3c3ccc(Cl)cc3)CC2)C1=O. The van der Waals surface area contributed by atoms with E-state index in [4.69, 9.17) is 16.3 Å². The summed E-state index contributed by atoms with van der Waals surface area (Å²) in [6, 6.07) is 16.2. The van der Waals surface area contributed by atoms with E-state index in [1.807, 2.05) is 40.1 Å². The molecule has 1 spiro atoms. The zero-order valence-electron chi connectivity index (χ0n) is 19.1. The lowest BCUT2D eigenvalue weighted by Crippen LogP contribution is -2.52. The normalized spacial score (nSPS) is 23.9. The van der Waals surface area contributed by atoms with Gasteiger partial charge in [-0.15, -0.1) is 0 Å². The number of rotatable bonds is 5. The number of benzene rings is 2. The van der Waals surface area contributed by atoms with E-state index in [-0.39, 0.29) is 17.7 Å². The molecule has 0 N–H and O–H groups in total. The molecule has 0 bridgehead atoms. The number of carbonyl (C=O) groups is 2. The maximum absolute atomic E-state index is 13.7. The summed E-state index contributed by atoms with van der Waals surface area (Å²) in [4.78, 5) is 30.9. The van der Waals surface area contributed by atoms with Crippen molar-refractivity contribution in [2.45, 2.75) is 38.1 Å². The van der Waals surface area contributed by atoms with Gasteiger partial charge in [0.25, 0.3) is 0 Å². The number of amides is 2. The second-order valence-corrected chi connectivity index (χ2v) is 10.2. The number of ether oxygens (including phenoxy) is 1. The molecule has 3 aliphatic rings. The first kappa shape index (κ1) is 22.4. The van der Waals surface area contributed by atoms with Crippen molar-refractivity contribution in [2.75, 3.05) is 33.4 Å². The van der Waals surface area contributed by atoms with Crippen LogP contribution in [-0.2, 0) is 27.3 Å². The largest absolute Gasteiger partial charge is 0.383 e. The molecule has 2 atom stereocenters. The van der Waals surface area contributed by atoms with E-state index in [2.05, 4.69) is 18.2 Å². The molecule has 1 saturated heterocycles. The van der Waals surface area contributed by atoms with Crippen LogP contribution >= 0.6 is 11.6 Å². The first-order chi connectivity index (χ1) is 16.0. The minimum absolute atomic E-state index is 0.0592. The van der Waals surface area contributed by atoms with Crippen LogP contribution in [0.1, 0.15) is 41.9 Å². The highest BCUT2D eigenvalue weighted by Gasteiger charge is 2.50. The molecule has 2 aromatic rings. The number of hydrogen-bond acceptors (Lipinski definition) is 3. The van der Waals surface area contributed by atoms with Gasteiger partial charge in [0.2, 0.25) is 11.8 Å². The molecule has 5 rings (SSSR count). The molecule has 6 heteroatoms. The van der Waals surface area contributed by atoms with Gasteiger partial charge in [-0.1, -0.05) is 48.0 Å². The monoisotopic (exact) mass is 466 g/mol. The standard InChI is InChI=1S/C27H31ClN2O3/c1-33-15-14-30-18-21-5-3-2-4-20(21)17-27(26(30)32)10-12-29(13-11-27)25(31)24-16-23(24)19-6-8-22(28)9-7-19/h2-9,23-24H,10-18H2,1H3/t23-,24+/m1/s1. The van der Waals surface area contributed by atoms with Gasteiger partial charge in [-0.25, -0.2) is 0 Å². The molecule has 1 aliphatic carbocycles. The van der Waals surface area contributed by atoms with E-state index in [1.165, 1.54) is 16.7 Å². The van der Waals surface area contributed by atoms with Crippen LogP contribution in [-0.4, -0.2) is 55.0 Å². The molecule has 174 valence electrons. The van der Waals surface area contributed by atoms with Gasteiger partial charge in [0, 0.05) is 44.2 Å². The lowest BCUT2D eigenvalue weighted by atomic mass is 9.72. The highest BCUT2D eigenvalue weighted by Crippen LogP contribution is 2.49. The van der Waals surface area contributed by atoms with Gasteiger partial charge in [-0.2, -0.15) is 0 Å². The Kier molecular flexibility index (Phi) is 6.19. The van der Waals surface area contributed by atoms with Gasteiger partial charge in [0.1, 0.15) is 0 Å². The van der Waals surface area contributed by atoms with Gasteiger partial charge >= 0.3 is 0 Å². The molecular formula is C27H31ClN2O3. The summed E-state index contributed by atoms with van der Waals surface area (Å²) in [5.74, 6) is 0.807. The number of nitrogens with zero attached hydrogens (tertiary/aromatic N) is 2. The lowest BCUT2D eigenvalue weighted by Gasteiger charge is -2.42. The summed E-state index contributed by atoms with van der Waals surface area (Å²) < 4.78 is 5.28. The molecule has 2 amide bonds. The number of hydrogen-bond donors (Lipinski definition) is 0. The molecule has 0 aromatic heterocycles. The van der Waals surface area contributed by atoms with E-state index in [1.54, 1.807) is 7.11 Å². The number of methoxy groups -OCH3 is 1. The predicted molar refractivity (Wildman–Crippen MR) is 128 cm³/mol. The van der Waals surface area contributed by atoms with Crippen molar-refractivity contribution in [3.05, 3.63) is 70.2 Å². The average molecular weight is 467 g/mol. The summed E-state index contributed by atoms with van der Waals surface area (Å²) in [5.41, 5.74) is 3.24. The molecule has 2 aromatic carbocycles. The average Bonchev–Trinajstić information content (AvgIpc) is 3.64. The minimum Gasteiger partial charge on any atom is -0.383 e. The maximum Gasteiger partial charge on any atom is 0.229 e. The fourth-order valence-electron chi connectivity index (χ4n) is 5.65. The van der Waals surface area contributed by atoms with Crippen LogP contribution in [0.3, 0.4) is 0 Å². The van der Waals surface area contributed by atoms with Gasteiger partial charge in [0.15, 0.2) is 0 Å². The molecule has 33 heavy (non-hydrogen) atoms. The second kappa shape index (κ2) is 9.11.